The lowest BCUT2D eigenvalue weighted by molar-refractivity contribution is 0.0746. The summed E-state index contributed by atoms with van der Waals surface area (Å²) in [5.74, 6) is 1.20. The van der Waals surface area contributed by atoms with E-state index in [9.17, 15) is 14.9 Å². The van der Waals surface area contributed by atoms with Crippen molar-refractivity contribution in [3.63, 3.8) is 0 Å². The first-order valence-corrected chi connectivity index (χ1v) is 13.5. The Balaban J connectivity index is 1.15. The second-order valence-corrected chi connectivity index (χ2v) is 10.2. The van der Waals surface area contributed by atoms with Crippen LogP contribution in [0.5, 0.6) is 5.75 Å². The van der Waals surface area contributed by atoms with Crippen molar-refractivity contribution in [1.29, 1.82) is 5.26 Å². The molecule has 6 rings (SSSR count). The number of pyridine rings is 1. The van der Waals surface area contributed by atoms with Crippen molar-refractivity contribution in [2.24, 2.45) is 0 Å². The van der Waals surface area contributed by atoms with Gasteiger partial charge in [-0.15, -0.1) is 0 Å². The number of aromatic nitrogens is 3. The molecular formula is C31H29N7O3. The van der Waals surface area contributed by atoms with Gasteiger partial charge in [0.05, 0.1) is 23.5 Å². The first kappa shape index (κ1) is 26.1. The number of nitrogens with zero attached hydrogens (tertiary/aromatic N) is 6. The highest BCUT2D eigenvalue weighted by atomic mass is 16.5. The largest absolute Gasteiger partial charge is 0.491 e. The molecule has 4 heterocycles. The van der Waals surface area contributed by atoms with Gasteiger partial charge < -0.3 is 19.4 Å². The third-order valence-electron chi connectivity index (χ3n) is 7.78. The number of nitriles is 1. The molecule has 10 heteroatoms. The SMILES string of the molecule is Cc1c(N2Cc3ccccc3[C@@H]2COc2cccc(C(=O)N3CCN(c4ncccc4C#N)CC3)c2)cn[nH]c1=O. The third kappa shape index (κ3) is 5.10. The molecule has 0 bridgehead atoms. The van der Waals surface area contributed by atoms with Gasteiger partial charge in [0.2, 0.25) is 0 Å². The number of carbonyl (C=O) groups excluding carboxylic acids is 1. The Morgan fingerprint density at radius 2 is 1.93 bits per heavy atom. The number of carbonyl (C=O) groups is 1. The van der Waals surface area contributed by atoms with Gasteiger partial charge in [-0.1, -0.05) is 30.3 Å². The van der Waals surface area contributed by atoms with Gasteiger partial charge in [0.1, 0.15) is 24.2 Å². The van der Waals surface area contributed by atoms with Crippen molar-refractivity contribution in [3.05, 3.63) is 111 Å². The number of H-pyrrole nitrogens is 1. The minimum absolute atomic E-state index is 0.0605. The van der Waals surface area contributed by atoms with Gasteiger partial charge in [0.25, 0.3) is 11.5 Å². The van der Waals surface area contributed by atoms with Crippen LogP contribution in [0.15, 0.2) is 77.9 Å². The van der Waals surface area contributed by atoms with Crippen LogP contribution in [0.4, 0.5) is 11.5 Å². The number of piperazine rings is 1. The minimum Gasteiger partial charge on any atom is -0.491 e. The Labute approximate surface area is 237 Å². The first-order valence-electron chi connectivity index (χ1n) is 13.5. The standard InChI is InChI=1S/C31H29N7O3/c1-21-27(18-34-35-30(21)39)38-19-24-6-2-3-10-26(24)28(38)20-41-25-9-4-7-22(16-25)31(40)37-14-12-36(13-15-37)29-23(17-32)8-5-11-33-29/h2-11,16,18,28H,12-15,19-20H2,1H3,(H,35,39)/t28-/m0/s1. The number of rotatable bonds is 6. The van der Waals surface area contributed by atoms with Crippen molar-refractivity contribution < 1.29 is 9.53 Å². The zero-order valence-electron chi connectivity index (χ0n) is 22.7. The Morgan fingerprint density at radius 1 is 1.10 bits per heavy atom. The summed E-state index contributed by atoms with van der Waals surface area (Å²) in [5, 5.41) is 15.9. The summed E-state index contributed by atoms with van der Waals surface area (Å²) in [6, 6.07) is 21.0. The van der Waals surface area contributed by atoms with Crippen molar-refractivity contribution in [3.8, 4) is 11.8 Å². The molecule has 1 fully saturated rings. The van der Waals surface area contributed by atoms with E-state index in [2.05, 4.69) is 38.3 Å². The maximum atomic E-state index is 13.4. The Kier molecular flexibility index (Phi) is 7.08. The molecule has 1 atom stereocenters. The maximum Gasteiger partial charge on any atom is 0.269 e. The topological polar surface area (TPSA) is 118 Å². The average Bonchev–Trinajstić information content (AvgIpc) is 3.39. The molecule has 0 unspecified atom stereocenters. The van der Waals surface area contributed by atoms with Crippen molar-refractivity contribution in [2.45, 2.75) is 19.5 Å². The number of aromatic amines is 1. The molecule has 10 nitrogen and oxygen atoms in total. The number of hydrogen-bond acceptors (Lipinski definition) is 8. The molecule has 4 aromatic rings. The highest BCUT2D eigenvalue weighted by Crippen LogP contribution is 2.38. The van der Waals surface area contributed by atoms with E-state index in [0.29, 0.717) is 67.6 Å². The smallest absolute Gasteiger partial charge is 0.269 e. The molecule has 1 N–H and O–H groups in total. The van der Waals surface area contributed by atoms with E-state index in [0.717, 1.165) is 11.3 Å². The zero-order chi connectivity index (χ0) is 28.3. The number of ether oxygens (including phenoxy) is 1. The minimum atomic E-state index is -0.212. The predicted molar refractivity (Wildman–Crippen MR) is 154 cm³/mol. The lowest BCUT2D eigenvalue weighted by atomic mass is 10.1. The fourth-order valence-corrected chi connectivity index (χ4v) is 5.57. The second-order valence-electron chi connectivity index (χ2n) is 10.2. The number of benzene rings is 2. The van der Waals surface area contributed by atoms with E-state index >= 15 is 0 Å². The summed E-state index contributed by atoms with van der Waals surface area (Å²) in [5.41, 5.74) is 4.58. The van der Waals surface area contributed by atoms with E-state index in [1.54, 1.807) is 43.6 Å². The lowest BCUT2D eigenvalue weighted by Gasteiger charge is -2.35. The van der Waals surface area contributed by atoms with Gasteiger partial charge >= 0.3 is 0 Å². The van der Waals surface area contributed by atoms with Crippen molar-refractivity contribution >= 4 is 17.4 Å². The monoisotopic (exact) mass is 547 g/mol. The average molecular weight is 548 g/mol. The number of hydrogen-bond donors (Lipinski definition) is 1. The summed E-state index contributed by atoms with van der Waals surface area (Å²) in [7, 11) is 0. The van der Waals surface area contributed by atoms with Crippen LogP contribution in [0, 0.1) is 18.3 Å². The van der Waals surface area contributed by atoms with Crippen LogP contribution < -0.4 is 20.1 Å². The number of nitrogens with one attached hydrogen (secondary N) is 1. The first-order chi connectivity index (χ1) is 20.0. The number of amides is 1. The van der Waals surface area contributed by atoms with Crippen molar-refractivity contribution in [1.82, 2.24) is 20.1 Å². The third-order valence-corrected chi connectivity index (χ3v) is 7.78. The summed E-state index contributed by atoms with van der Waals surface area (Å²) < 4.78 is 6.28. The van der Waals surface area contributed by atoms with Gasteiger partial charge in [-0.05, 0) is 48.4 Å². The number of fused-ring (bicyclic) bond motifs is 1. The Morgan fingerprint density at radius 3 is 2.76 bits per heavy atom. The number of anilines is 2. The molecule has 1 amide bonds. The second kappa shape index (κ2) is 11.1. The normalized spacial score (nSPS) is 16.3. The molecule has 0 spiro atoms. The van der Waals surface area contributed by atoms with E-state index in [-0.39, 0.29) is 17.5 Å². The highest BCUT2D eigenvalue weighted by molar-refractivity contribution is 5.94. The van der Waals surface area contributed by atoms with Gasteiger partial charge in [0, 0.05) is 50.0 Å². The maximum absolute atomic E-state index is 13.4. The fourth-order valence-electron chi connectivity index (χ4n) is 5.57. The van der Waals surface area contributed by atoms with E-state index in [1.165, 1.54) is 5.56 Å². The Hall–Kier alpha value is -5.17. The zero-order valence-corrected chi connectivity index (χ0v) is 22.7. The van der Waals surface area contributed by atoms with Crippen LogP contribution in [-0.4, -0.2) is 58.8 Å². The van der Waals surface area contributed by atoms with Crippen LogP contribution in [0.25, 0.3) is 0 Å². The fraction of sp³-hybridized carbons (Fsp3) is 0.258. The summed E-state index contributed by atoms with van der Waals surface area (Å²) in [4.78, 5) is 36.1. The molecule has 0 radical (unpaired) electrons. The molecule has 2 aliphatic rings. The molecular weight excluding hydrogens is 518 g/mol. The molecule has 0 saturated carbocycles. The van der Waals surface area contributed by atoms with Crippen molar-refractivity contribution in [2.75, 3.05) is 42.6 Å². The highest BCUT2D eigenvalue weighted by Gasteiger charge is 2.32. The van der Waals surface area contributed by atoms with E-state index in [1.807, 2.05) is 34.1 Å². The van der Waals surface area contributed by atoms with Crippen LogP contribution in [0.2, 0.25) is 0 Å². The van der Waals surface area contributed by atoms with E-state index < -0.39 is 0 Å². The van der Waals surface area contributed by atoms with Crippen LogP contribution in [0.3, 0.4) is 0 Å². The van der Waals surface area contributed by atoms with Gasteiger partial charge in [-0.25, -0.2) is 10.1 Å². The van der Waals surface area contributed by atoms with Crippen LogP contribution in [0.1, 0.15) is 38.7 Å². The molecule has 206 valence electrons. The summed E-state index contributed by atoms with van der Waals surface area (Å²) in [6.07, 6.45) is 3.36. The van der Waals surface area contributed by atoms with Gasteiger partial charge in [0.15, 0.2) is 0 Å². The summed E-state index contributed by atoms with van der Waals surface area (Å²) in [6.45, 7) is 5.04. The molecule has 2 aliphatic heterocycles. The Bertz CT molecular complexity index is 1690. The molecule has 0 aliphatic carbocycles. The van der Waals surface area contributed by atoms with Crippen LogP contribution in [-0.2, 0) is 6.54 Å². The predicted octanol–water partition coefficient (Wildman–Crippen LogP) is 3.45. The van der Waals surface area contributed by atoms with E-state index in [4.69, 9.17) is 4.74 Å². The quantitative estimate of drug-likeness (QED) is 0.390. The van der Waals surface area contributed by atoms with Crippen LogP contribution >= 0.6 is 0 Å². The van der Waals surface area contributed by atoms with Gasteiger partial charge in [-0.2, -0.15) is 10.4 Å². The molecule has 2 aromatic heterocycles. The molecule has 1 saturated heterocycles. The van der Waals surface area contributed by atoms with Gasteiger partial charge in [-0.3, -0.25) is 9.59 Å². The molecule has 2 aromatic carbocycles. The lowest BCUT2D eigenvalue weighted by Crippen LogP contribution is -2.49. The molecule has 41 heavy (non-hydrogen) atoms. The summed E-state index contributed by atoms with van der Waals surface area (Å²) >= 11 is 0.